The van der Waals surface area contributed by atoms with Crippen LogP contribution in [0.3, 0.4) is 0 Å². The summed E-state index contributed by atoms with van der Waals surface area (Å²) in [7, 11) is 1.55. The van der Waals surface area contributed by atoms with E-state index in [0.29, 0.717) is 24.6 Å². The zero-order chi connectivity index (χ0) is 18.9. The van der Waals surface area contributed by atoms with Crippen LogP contribution in [0.2, 0.25) is 10.0 Å². The molecule has 0 aromatic heterocycles. The monoisotopic (exact) mass is 394 g/mol. The predicted octanol–water partition coefficient (Wildman–Crippen LogP) is 3.10. The third-order valence-electron chi connectivity index (χ3n) is 3.69. The normalized spacial score (nSPS) is 11.7. The second-order valence-corrected chi connectivity index (χ2v) is 6.47. The second-order valence-electron chi connectivity index (χ2n) is 5.62. The third kappa shape index (κ3) is 6.02. The Morgan fingerprint density at radius 3 is 2.50 bits per heavy atom. The van der Waals surface area contributed by atoms with Gasteiger partial charge in [-0.3, -0.25) is 9.59 Å². The average Bonchev–Trinajstić information content (AvgIpc) is 2.62. The van der Waals surface area contributed by atoms with E-state index in [0.717, 1.165) is 5.56 Å². The molecule has 0 radical (unpaired) electrons. The molecule has 2 N–H and O–H groups in total. The van der Waals surface area contributed by atoms with Crippen LogP contribution in [0.4, 0.5) is 0 Å². The van der Waals surface area contributed by atoms with Gasteiger partial charge in [0.1, 0.15) is 6.04 Å². The molecule has 7 heteroatoms. The van der Waals surface area contributed by atoms with Crippen LogP contribution in [0.15, 0.2) is 48.5 Å². The number of methoxy groups -OCH3 is 1. The molecule has 0 saturated carbocycles. The Morgan fingerprint density at radius 2 is 1.85 bits per heavy atom. The molecule has 0 aliphatic heterocycles. The molecule has 0 aliphatic carbocycles. The molecule has 0 aliphatic rings. The lowest BCUT2D eigenvalue weighted by molar-refractivity contribution is -0.123. The van der Waals surface area contributed by atoms with Gasteiger partial charge in [0.2, 0.25) is 5.91 Å². The van der Waals surface area contributed by atoms with E-state index in [-0.39, 0.29) is 16.5 Å². The maximum absolute atomic E-state index is 12.6. The zero-order valence-corrected chi connectivity index (χ0v) is 15.8. The first-order valence-corrected chi connectivity index (χ1v) is 8.83. The van der Waals surface area contributed by atoms with Crippen molar-refractivity contribution in [2.45, 2.75) is 12.5 Å². The summed E-state index contributed by atoms with van der Waals surface area (Å²) in [5.74, 6) is -0.723. The summed E-state index contributed by atoms with van der Waals surface area (Å²) in [6.45, 7) is 0.749. The fourth-order valence-electron chi connectivity index (χ4n) is 2.37. The van der Waals surface area contributed by atoms with Crippen LogP contribution in [0.5, 0.6) is 0 Å². The van der Waals surface area contributed by atoms with E-state index >= 15 is 0 Å². The fourth-order valence-corrected chi connectivity index (χ4v) is 2.86. The predicted molar refractivity (Wildman–Crippen MR) is 103 cm³/mol. The van der Waals surface area contributed by atoms with Gasteiger partial charge >= 0.3 is 0 Å². The standard InChI is InChI=1S/C19H20Cl2N2O3/c1-26-10-9-22-19(25)17(11-13-5-3-2-4-6-13)23-18(24)15-8-7-14(20)12-16(15)21/h2-8,12,17H,9-11H2,1H3,(H,22,25)(H,23,24). The third-order valence-corrected chi connectivity index (χ3v) is 4.23. The number of hydrogen-bond donors (Lipinski definition) is 2. The van der Waals surface area contributed by atoms with Crippen LogP contribution in [-0.4, -0.2) is 38.1 Å². The number of halogens is 2. The van der Waals surface area contributed by atoms with E-state index < -0.39 is 11.9 Å². The molecule has 0 heterocycles. The van der Waals surface area contributed by atoms with E-state index in [1.54, 1.807) is 13.2 Å². The van der Waals surface area contributed by atoms with Crippen molar-refractivity contribution in [3.8, 4) is 0 Å². The van der Waals surface area contributed by atoms with E-state index in [1.165, 1.54) is 12.1 Å². The first-order chi connectivity index (χ1) is 12.5. The molecule has 138 valence electrons. The maximum atomic E-state index is 12.6. The summed E-state index contributed by atoms with van der Waals surface area (Å²) in [6, 6.07) is 13.3. The molecule has 0 spiro atoms. The van der Waals surface area contributed by atoms with Gasteiger partial charge in [-0.15, -0.1) is 0 Å². The van der Waals surface area contributed by atoms with Crippen LogP contribution in [0, 0.1) is 0 Å². The molecule has 0 fully saturated rings. The van der Waals surface area contributed by atoms with Crippen LogP contribution < -0.4 is 10.6 Å². The summed E-state index contributed by atoms with van der Waals surface area (Å²) in [5.41, 5.74) is 1.20. The topological polar surface area (TPSA) is 67.4 Å². The van der Waals surface area contributed by atoms with Crippen molar-refractivity contribution in [2.75, 3.05) is 20.3 Å². The highest BCUT2D eigenvalue weighted by Gasteiger charge is 2.22. The first kappa shape index (κ1) is 20.2. The molecule has 2 aromatic rings. The van der Waals surface area contributed by atoms with Gasteiger partial charge in [0.15, 0.2) is 0 Å². The lowest BCUT2D eigenvalue weighted by Gasteiger charge is -2.19. The quantitative estimate of drug-likeness (QED) is 0.675. The van der Waals surface area contributed by atoms with Crippen molar-refractivity contribution in [1.82, 2.24) is 10.6 Å². The van der Waals surface area contributed by atoms with Gasteiger partial charge in [0.05, 0.1) is 17.2 Å². The highest BCUT2D eigenvalue weighted by Crippen LogP contribution is 2.21. The van der Waals surface area contributed by atoms with E-state index in [1.807, 2.05) is 30.3 Å². The molecular weight excluding hydrogens is 375 g/mol. The Kier molecular flexibility index (Phi) is 7.91. The number of rotatable bonds is 8. The highest BCUT2D eigenvalue weighted by molar-refractivity contribution is 6.36. The molecule has 0 bridgehead atoms. The van der Waals surface area contributed by atoms with Crippen LogP contribution in [0.25, 0.3) is 0 Å². The Labute approximate surface area is 162 Å². The van der Waals surface area contributed by atoms with Gasteiger partial charge in [0, 0.05) is 25.1 Å². The highest BCUT2D eigenvalue weighted by atomic mass is 35.5. The summed E-state index contributed by atoms with van der Waals surface area (Å²) in [4.78, 5) is 25.1. The smallest absolute Gasteiger partial charge is 0.253 e. The summed E-state index contributed by atoms with van der Waals surface area (Å²) in [6.07, 6.45) is 0.358. The van der Waals surface area contributed by atoms with Crippen molar-refractivity contribution >= 4 is 35.0 Å². The largest absolute Gasteiger partial charge is 0.383 e. The number of benzene rings is 2. The Morgan fingerprint density at radius 1 is 1.12 bits per heavy atom. The number of amides is 2. The zero-order valence-electron chi connectivity index (χ0n) is 14.3. The maximum Gasteiger partial charge on any atom is 0.253 e. The molecule has 2 aromatic carbocycles. The Bertz CT molecular complexity index is 754. The van der Waals surface area contributed by atoms with Crippen molar-refractivity contribution in [3.05, 3.63) is 69.7 Å². The number of hydrogen-bond acceptors (Lipinski definition) is 3. The van der Waals surface area contributed by atoms with Crippen LogP contribution in [-0.2, 0) is 16.0 Å². The van der Waals surface area contributed by atoms with Gasteiger partial charge in [-0.05, 0) is 23.8 Å². The molecule has 2 rings (SSSR count). The van der Waals surface area contributed by atoms with E-state index in [9.17, 15) is 9.59 Å². The van der Waals surface area contributed by atoms with Crippen molar-refractivity contribution in [2.24, 2.45) is 0 Å². The number of ether oxygens (including phenoxy) is 1. The SMILES string of the molecule is COCCNC(=O)C(Cc1ccccc1)NC(=O)c1ccc(Cl)cc1Cl. The van der Waals surface area contributed by atoms with Gasteiger partial charge in [-0.1, -0.05) is 53.5 Å². The van der Waals surface area contributed by atoms with Crippen LogP contribution in [0.1, 0.15) is 15.9 Å². The van der Waals surface area contributed by atoms with Crippen molar-refractivity contribution in [3.63, 3.8) is 0 Å². The Balaban J connectivity index is 2.14. The van der Waals surface area contributed by atoms with Gasteiger partial charge < -0.3 is 15.4 Å². The molecule has 0 saturated heterocycles. The number of carbonyl (C=O) groups is 2. The van der Waals surface area contributed by atoms with Gasteiger partial charge in [-0.2, -0.15) is 0 Å². The lowest BCUT2D eigenvalue weighted by Crippen LogP contribution is -2.48. The lowest BCUT2D eigenvalue weighted by atomic mass is 10.0. The molecule has 1 atom stereocenters. The number of carbonyl (C=O) groups excluding carboxylic acids is 2. The summed E-state index contributed by atoms with van der Waals surface area (Å²) in [5, 5.41) is 6.17. The molecule has 5 nitrogen and oxygen atoms in total. The molecule has 1 unspecified atom stereocenters. The summed E-state index contributed by atoms with van der Waals surface area (Å²) >= 11 is 12.0. The average molecular weight is 395 g/mol. The molecule has 2 amide bonds. The van der Waals surface area contributed by atoms with E-state index in [2.05, 4.69) is 10.6 Å². The molecular formula is C19H20Cl2N2O3. The second kappa shape index (κ2) is 10.2. The van der Waals surface area contributed by atoms with Crippen molar-refractivity contribution < 1.29 is 14.3 Å². The van der Waals surface area contributed by atoms with Gasteiger partial charge in [-0.25, -0.2) is 0 Å². The first-order valence-electron chi connectivity index (χ1n) is 8.07. The minimum Gasteiger partial charge on any atom is -0.383 e. The van der Waals surface area contributed by atoms with Crippen molar-refractivity contribution in [1.29, 1.82) is 0 Å². The van der Waals surface area contributed by atoms with Gasteiger partial charge in [0.25, 0.3) is 5.91 Å². The minimum absolute atomic E-state index is 0.230. The van der Waals surface area contributed by atoms with Crippen LogP contribution >= 0.6 is 23.2 Å². The fraction of sp³-hybridized carbons (Fsp3) is 0.263. The van der Waals surface area contributed by atoms with E-state index in [4.69, 9.17) is 27.9 Å². The molecule has 26 heavy (non-hydrogen) atoms. The Hall–Kier alpha value is -2.08. The minimum atomic E-state index is -0.742. The number of nitrogens with one attached hydrogen (secondary N) is 2. The summed E-state index contributed by atoms with van der Waals surface area (Å²) < 4.78 is 4.94.